The minimum Gasteiger partial charge on any atom is -0.366 e. The van der Waals surface area contributed by atoms with Crippen LogP contribution >= 0.6 is 0 Å². The van der Waals surface area contributed by atoms with Crippen molar-refractivity contribution < 1.29 is 22.4 Å². The van der Waals surface area contributed by atoms with E-state index < -0.39 is 24.3 Å². The van der Waals surface area contributed by atoms with Crippen molar-refractivity contribution in [2.45, 2.75) is 32.0 Å². The molecule has 0 aliphatic carbocycles. The van der Waals surface area contributed by atoms with Crippen molar-refractivity contribution in [3.05, 3.63) is 35.1 Å². The molecule has 3 N–H and O–H groups in total. The van der Waals surface area contributed by atoms with Gasteiger partial charge in [-0.15, -0.1) is 0 Å². The lowest BCUT2D eigenvalue weighted by Gasteiger charge is -2.08. The molecule has 0 heterocycles. The van der Waals surface area contributed by atoms with E-state index in [9.17, 15) is 22.4 Å². The summed E-state index contributed by atoms with van der Waals surface area (Å²) in [5.74, 6) is -1.28. The summed E-state index contributed by atoms with van der Waals surface area (Å²) in [5.41, 5.74) is 5.43. The largest absolute Gasteiger partial charge is 0.389 e. The molecule has 20 heavy (non-hydrogen) atoms. The minimum absolute atomic E-state index is 0.0413. The number of hydrogen-bond donors (Lipinski definition) is 2. The normalized spacial score (nSPS) is 11.6. The van der Waals surface area contributed by atoms with E-state index in [1.807, 2.05) is 0 Å². The van der Waals surface area contributed by atoms with Crippen LogP contribution in [0.1, 0.15) is 35.2 Å². The summed E-state index contributed by atoms with van der Waals surface area (Å²) in [6.07, 6.45) is -4.53. The first-order valence-corrected chi connectivity index (χ1v) is 6.15. The Kier molecular flexibility index (Phi) is 5.94. The van der Waals surface area contributed by atoms with E-state index in [4.69, 9.17) is 5.73 Å². The Morgan fingerprint density at radius 3 is 2.50 bits per heavy atom. The molecule has 0 atom stereocenters. The van der Waals surface area contributed by atoms with Crippen LogP contribution < -0.4 is 11.1 Å². The lowest BCUT2D eigenvalue weighted by atomic mass is 10.1. The van der Waals surface area contributed by atoms with Gasteiger partial charge in [0.2, 0.25) is 5.91 Å². The van der Waals surface area contributed by atoms with Crippen molar-refractivity contribution in [3.63, 3.8) is 0 Å². The number of halogens is 4. The third kappa shape index (κ3) is 6.01. The zero-order valence-corrected chi connectivity index (χ0v) is 10.8. The summed E-state index contributed by atoms with van der Waals surface area (Å²) in [7, 11) is 0. The third-order valence-corrected chi connectivity index (χ3v) is 2.72. The maximum atomic E-state index is 13.5. The van der Waals surface area contributed by atoms with Crippen molar-refractivity contribution in [1.82, 2.24) is 5.32 Å². The molecule has 1 rings (SSSR count). The van der Waals surface area contributed by atoms with Crippen LogP contribution in [0.15, 0.2) is 18.2 Å². The second kappa shape index (κ2) is 7.23. The average Bonchev–Trinajstić information content (AvgIpc) is 2.33. The lowest BCUT2D eigenvalue weighted by molar-refractivity contribution is -0.135. The molecule has 0 aliphatic heterocycles. The first-order valence-electron chi connectivity index (χ1n) is 6.15. The number of alkyl halides is 3. The monoisotopic (exact) mass is 292 g/mol. The van der Waals surface area contributed by atoms with Crippen LogP contribution in [-0.2, 0) is 6.54 Å². The number of unbranched alkanes of at least 4 members (excludes halogenated alkanes) is 1. The van der Waals surface area contributed by atoms with Gasteiger partial charge in [-0.1, -0.05) is 6.07 Å². The van der Waals surface area contributed by atoms with Gasteiger partial charge in [-0.25, -0.2) is 4.39 Å². The summed E-state index contributed by atoms with van der Waals surface area (Å²) in [6.45, 7) is 0.560. The van der Waals surface area contributed by atoms with Gasteiger partial charge in [0.15, 0.2) is 0 Å². The topological polar surface area (TPSA) is 55.1 Å². The van der Waals surface area contributed by atoms with Crippen LogP contribution in [0.3, 0.4) is 0 Å². The number of nitrogens with two attached hydrogens (primary N) is 1. The van der Waals surface area contributed by atoms with Gasteiger partial charge < -0.3 is 11.1 Å². The van der Waals surface area contributed by atoms with Crippen LogP contribution in [0.4, 0.5) is 17.6 Å². The highest BCUT2D eigenvalue weighted by molar-refractivity contribution is 5.92. The molecule has 0 spiro atoms. The van der Waals surface area contributed by atoms with Gasteiger partial charge in [0.25, 0.3) is 0 Å². The molecule has 7 heteroatoms. The Bertz CT molecular complexity index is 460. The summed E-state index contributed by atoms with van der Waals surface area (Å²) < 4.78 is 49.2. The zero-order chi connectivity index (χ0) is 15.2. The molecule has 112 valence electrons. The number of nitrogens with one attached hydrogen (secondary N) is 1. The Morgan fingerprint density at radius 2 is 1.95 bits per heavy atom. The molecular formula is C13H16F4N2O. The van der Waals surface area contributed by atoms with Gasteiger partial charge in [0.05, 0.1) is 0 Å². The maximum Gasteiger partial charge on any atom is 0.389 e. The van der Waals surface area contributed by atoms with E-state index >= 15 is 0 Å². The fourth-order valence-electron chi connectivity index (χ4n) is 1.64. The van der Waals surface area contributed by atoms with E-state index in [1.54, 1.807) is 0 Å². The standard InChI is InChI=1S/C13H16F4N2O/c14-11-7-9(12(18)20)3-4-10(11)8-19-6-2-1-5-13(15,16)17/h3-4,7,19H,1-2,5-6,8H2,(H2,18,20). The average molecular weight is 292 g/mol. The minimum atomic E-state index is -4.13. The molecule has 0 fully saturated rings. The van der Waals surface area contributed by atoms with Gasteiger partial charge >= 0.3 is 6.18 Å². The summed E-state index contributed by atoms with van der Waals surface area (Å²) in [4.78, 5) is 10.8. The molecule has 0 saturated carbocycles. The fourth-order valence-corrected chi connectivity index (χ4v) is 1.64. The zero-order valence-electron chi connectivity index (χ0n) is 10.8. The summed E-state index contributed by atoms with van der Waals surface area (Å²) >= 11 is 0. The van der Waals surface area contributed by atoms with E-state index in [-0.39, 0.29) is 18.5 Å². The predicted octanol–water partition coefficient (Wildman–Crippen LogP) is 2.75. The highest BCUT2D eigenvalue weighted by Crippen LogP contribution is 2.21. The Morgan fingerprint density at radius 1 is 1.25 bits per heavy atom. The van der Waals surface area contributed by atoms with Gasteiger partial charge in [-0.05, 0) is 31.5 Å². The third-order valence-electron chi connectivity index (χ3n) is 2.72. The van der Waals surface area contributed by atoms with Crippen molar-refractivity contribution in [3.8, 4) is 0 Å². The molecule has 3 nitrogen and oxygen atoms in total. The smallest absolute Gasteiger partial charge is 0.366 e. The van der Waals surface area contributed by atoms with Crippen molar-refractivity contribution in [2.24, 2.45) is 5.73 Å². The molecule has 0 unspecified atom stereocenters. The predicted molar refractivity (Wildman–Crippen MR) is 66.5 cm³/mol. The van der Waals surface area contributed by atoms with Crippen LogP contribution in [0.5, 0.6) is 0 Å². The molecule has 0 aromatic heterocycles. The van der Waals surface area contributed by atoms with E-state index in [1.165, 1.54) is 12.1 Å². The number of hydrogen-bond acceptors (Lipinski definition) is 2. The number of carbonyl (C=O) groups is 1. The van der Waals surface area contributed by atoms with Gasteiger partial charge in [-0.2, -0.15) is 13.2 Å². The highest BCUT2D eigenvalue weighted by atomic mass is 19.4. The molecule has 1 aromatic carbocycles. The first kappa shape index (κ1) is 16.4. The van der Waals surface area contributed by atoms with E-state index in [2.05, 4.69) is 5.32 Å². The second-order valence-electron chi connectivity index (χ2n) is 4.42. The first-order chi connectivity index (χ1) is 9.29. The van der Waals surface area contributed by atoms with E-state index in [0.717, 1.165) is 6.07 Å². The quantitative estimate of drug-likeness (QED) is 0.600. The van der Waals surface area contributed by atoms with Crippen LogP contribution in [-0.4, -0.2) is 18.6 Å². The number of amides is 1. The Hall–Kier alpha value is -1.63. The van der Waals surface area contributed by atoms with Crippen LogP contribution in [0.2, 0.25) is 0 Å². The fraction of sp³-hybridized carbons (Fsp3) is 0.462. The molecule has 1 amide bonds. The number of primary amides is 1. The summed E-state index contributed by atoms with van der Waals surface area (Å²) in [6, 6.07) is 3.88. The molecule has 1 aromatic rings. The second-order valence-corrected chi connectivity index (χ2v) is 4.42. The van der Waals surface area contributed by atoms with Gasteiger partial charge in [0, 0.05) is 24.1 Å². The number of benzene rings is 1. The highest BCUT2D eigenvalue weighted by Gasteiger charge is 2.25. The Labute approximate surface area is 114 Å². The lowest BCUT2D eigenvalue weighted by Crippen LogP contribution is -2.17. The van der Waals surface area contributed by atoms with Gasteiger partial charge in [0.1, 0.15) is 5.82 Å². The molecule has 0 bridgehead atoms. The van der Waals surface area contributed by atoms with Crippen molar-refractivity contribution >= 4 is 5.91 Å². The van der Waals surface area contributed by atoms with Crippen LogP contribution in [0.25, 0.3) is 0 Å². The van der Waals surface area contributed by atoms with Crippen molar-refractivity contribution in [2.75, 3.05) is 6.54 Å². The van der Waals surface area contributed by atoms with Gasteiger partial charge in [-0.3, -0.25) is 4.79 Å². The number of rotatable bonds is 7. The molecule has 0 radical (unpaired) electrons. The van der Waals surface area contributed by atoms with Crippen LogP contribution in [0, 0.1) is 5.82 Å². The SMILES string of the molecule is NC(=O)c1ccc(CNCCCCC(F)(F)F)c(F)c1. The molecule has 0 aliphatic rings. The molecular weight excluding hydrogens is 276 g/mol. The number of carbonyl (C=O) groups excluding carboxylic acids is 1. The Balaban J connectivity index is 2.31. The van der Waals surface area contributed by atoms with Crippen molar-refractivity contribution in [1.29, 1.82) is 0 Å². The maximum absolute atomic E-state index is 13.5. The molecule has 0 saturated heterocycles. The summed E-state index contributed by atoms with van der Waals surface area (Å²) in [5, 5.41) is 2.85. The van der Waals surface area contributed by atoms with E-state index in [0.29, 0.717) is 18.5 Å².